The molecule has 2 aromatic rings. The number of nitrogens with zero attached hydrogens (tertiary/aromatic N) is 1. The van der Waals surface area contributed by atoms with Gasteiger partial charge < -0.3 is 20.3 Å². The average molecular weight is 513 g/mol. The number of fused-ring (bicyclic) bond motifs is 1. The van der Waals surface area contributed by atoms with Crippen molar-refractivity contribution in [3.05, 3.63) is 71.3 Å². The maximum atomic E-state index is 13.8. The minimum Gasteiger partial charge on any atom is -0.504 e. The predicted molar refractivity (Wildman–Crippen MR) is 143 cm³/mol. The zero-order valence-corrected chi connectivity index (χ0v) is 21.7. The van der Waals surface area contributed by atoms with Gasteiger partial charge in [-0.25, -0.2) is 0 Å². The largest absolute Gasteiger partial charge is 0.504 e. The van der Waals surface area contributed by atoms with Gasteiger partial charge in [0.2, 0.25) is 5.91 Å². The number of phenols is 1. The van der Waals surface area contributed by atoms with Crippen molar-refractivity contribution in [1.29, 1.82) is 0 Å². The zero-order valence-electron chi connectivity index (χ0n) is 21.7. The standard InChI is InChI=1S/C32H36N2O4/c35-24-11-10-22-17-25-30-12-13-32(37,23(18-30)28(36)33-15-4-7-20-5-2-1-3-6-20)29-31(30,26(22)27(24)38-29)14-16-34(25)19-21-8-9-21/h1-3,5-6,10-13,21,23,25,29,35,37H,4,7-9,14-19H2,(H,33,36)/t23-,25+,29-,30-,31+,32+/m1/s1. The molecule has 4 bridgehead atoms. The third-order valence-electron chi connectivity index (χ3n) is 10.9. The number of hydrogen-bond acceptors (Lipinski definition) is 5. The fourth-order valence-corrected chi connectivity index (χ4v) is 9.05. The Kier molecular flexibility index (Phi) is 4.77. The van der Waals surface area contributed by atoms with E-state index in [-0.39, 0.29) is 23.1 Å². The van der Waals surface area contributed by atoms with E-state index < -0.39 is 23.0 Å². The first-order chi connectivity index (χ1) is 18.5. The summed E-state index contributed by atoms with van der Waals surface area (Å²) in [6, 6.07) is 14.4. The number of aryl methyl sites for hydroxylation is 1. The first-order valence-corrected chi connectivity index (χ1v) is 14.5. The molecule has 1 saturated heterocycles. The number of nitrogens with one attached hydrogen (secondary N) is 1. The molecule has 2 heterocycles. The van der Waals surface area contributed by atoms with Crippen LogP contribution < -0.4 is 10.1 Å². The Balaban J connectivity index is 1.14. The molecule has 1 amide bonds. The molecular weight excluding hydrogens is 476 g/mol. The topological polar surface area (TPSA) is 82.0 Å². The van der Waals surface area contributed by atoms with E-state index in [1.54, 1.807) is 6.07 Å². The van der Waals surface area contributed by atoms with Crippen LogP contribution in [0.3, 0.4) is 0 Å². The molecule has 2 aliphatic heterocycles. The van der Waals surface area contributed by atoms with E-state index in [9.17, 15) is 15.0 Å². The van der Waals surface area contributed by atoms with Gasteiger partial charge in [0.15, 0.2) is 11.5 Å². The van der Waals surface area contributed by atoms with Gasteiger partial charge in [-0.15, -0.1) is 0 Å². The molecule has 5 aliphatic carbocycles. The van der Waals surface area contributed by atoms with E-state index >= 15 is 0 Å². The number of rotatable bonds is 7. The van der Waals surface area contributed by atoms with Gasteiger partial charge in [-0.2, -0.15) is 0 Å². The number of benzene rings is 2. The van der Waals surface area contributed by atoms with E-state index in [4.69, 9.17) is 4.74 Å². The number of aliphatic hydroxyl groups is 1. The highest BCUT2D eigenvalue weighted by molar-refractivity contribution is 5.82. The van der Waals surface area contributed by atoms with Crippen LogP contribution in [0.4, 0.5) is 0 Å². The molecule has 6 atom stereocenters. The van der Waals surface area contributed by atoms with Gasteiger partial charge >= 0.3 is 0 Å². The quantitative estimate of drug-likeness (QED) is 0.391. The summed E-state index contributed by atoms with van der Waals surface area (Å²) in [7, 11) is 0. The van der Waals surface area contributed by atoms with E-state index in [1.807, 2.05) is 24.3 Å². The number of carbonyl (C=O) groups excluding carboxylic acids is 1. The lowest BCUT2D eigenvalue weighted by atomic mass is 9.37. The van der Waals surface area contributed by atoms with Crippen LogP contribution in [-0.4, -0.2) is 58.4 Å². The van der Waals surface area contributed by atoms with E-state index in [1.165, 1.54) is 24.0 Å². The van der Waals surface area contributed by atoms with Gasteiger partial charge in [-0.1, -0.05) is 48.6 Å². The van der Waals surface area contributed by atoms with Crippen LogP contribution in [-0.2, 0) is 23.1 Å². The van der Waals surface area contributed by atoms with Gasteiger partial charge in [-0.3, -0.25) is 9.69 Å². The third-order valence-corrected chi connectivity index (χ3v) is 10.9. The number of carbonyl (C=O) groups is 1. The van der Waals surface area contributed by atoms with Crippen molar-refractivity contribution in [1.82, 2.24) is 10.2 Å². The Morgan fingerprint density at radius 3 is 2.79 bits per heavy atom. The second-order valence-corrected chi connectivity index (χ2v) is 12.7. The first-order valence-electron chi connectivity index (χ1n) is 14.5. The van der Waals surface area contributed by atoms with Crippen LogP contribution in [0.1, 0.15) is 48.8 Å². The Labute approximate surface area is 223 Å². The normalized spacial score (nSPS) is 37.6. The van der Waals surface area contributed by atoms with Crippen LogP contribution in [0.15, 0.2) is 54.6 Å². The molecule has 198 valence electrons. The molecule has 0 radical (unpaired) electrons. The molecule has 2 spiro atoms. The van der Waals surface area contributed by atoms with Crippen molar-refractivity contribution in [2.75, 3.05) is 19.6 Å². The molecule has 3 N–H and O–H groups in total. The van der Waals surface area contributed by atoms with Crippen molar-refractivity contribution in [2.24, 2.45) is 17.3 Å². The van der Waals surface area contributed by atoms with Crippen molar-refractivity contribution >= 4 is 5.91 Å². The van der Waals surface area contributed by atoms with Crippen molar-refractivity contribution in [3.8, 4) is 11.5 Å². The number of amides is 1. The second kappa shape index (κ2) is 7.86. The Morgan fingerprint density at radius 2 is 1.97 bits per heavy atom. The van der Waals surface area contributed by atoms with Crippen molar-refractivity contribution < 1.29 is 19.7 Å². The highest BCUT2D eigenvalue weighted by atomic mass is 16.5. The lowest BCUT2D eigenvalue weighted by Crippen LogP contribution is -2.80. The number of hydrogen-bond donors (Lipinski definition) is 3. The highest BCUT2D eigenvalue weighted by Gasteiger charge is 2.79. The average Bonchev–Trinajstić information content (AvgIpc) is 3.67. The molecule has 38 heavy (non-hydrogen) atoms. The summed E-state index contributed by atoms with van der Waals surface area (Å²) in [6.45, 7) is 2.66. The van der Waals surface area contributed by atoms with E-state index in [0.29, 0.717) is 18.7 Å². The molecule has 9 rings (SSSR count). The molecular formula is C32H36N2O4. The number of ether oxygens (including phenoxy) is 1. The van der Waals surface area contributed by atoms with Crippen molar-refractivity contribution in [2.45, 2.75) is 68.1 Å². The Morgan fingerprint density at radius 1 is 1.13 bits per heavy atom. The highest BCUT2D eigenvalue weighted by Crippen LogP contribution is 2.74. The third kappa shape index (κ3) is 2.88. The second-order valence-electron chi connectivity index (χ2n) is 12.7. The minimum atomic E-state index is -1.41. The number of piperidine rings is 1. The monoisotopic (exact) mass is 512 g/mol. The molecule has 3 fully saturated rings. The Bertz CT molecular complexity index is 1340. The lowest BCUT2D eigenvalue weighted by Gasteiger charge is -2.70. The lowest BCUT2D eigenvalue weighted by molar-refractivity contribution is -0.206. The van der Waals surface area contributed by atoms with Crippen molar-refractivity contribution in [3.63, 3.8) is 0 Å². The first kappa shape index (κ1) is 23.1. The molecule has 0 unspecified atom stereocenters. The van der Waals surface area contributed by atoms with Gasteiger partial charge in [0, 0.05) is 30.1 Å². The zero-order chi connectivity index (χ0) is 25.7. The number of likely N-dealkylation sites (tertiary alicyclic amines) is 1. The number of phenolic OH excluding ortho intramolecular Hbond substituents is 1. The molecule has 2 aromatic carbocycles. The minimum absolute atomic E-state index is 0.0828. The summed E-state index contributed by atoms with van der Waals surface area (Å²) in [4.78, 5) is 16.5. The predicted octanol–water partition coefficient (Wildman–Crippen LogP) is 3.49. The maximum Gasteiger partial charge on any atom is 0.226 e. The summed E-state index contributed by atoms with van der Waals surface area (Å²) in [5, 5.41) is 26.3. The van der Waals surface area contributed by atoms with E-state index in [0.717, 1.165) is 50.3 Å². The van der Waals surface area contributed by atoms with Crippen LogP contribution in [0.25, 0.3) is 0 Å². The SMILES string of the molecule is O=C(NCCCc1ccccc1)[C@H]1C[C@@]23C=C[C@@]1(O)[C@@H]1Oc4c(O)ccc5c4[C@@]12CCN(CC1CC1)[C@H]3C5. The van der Waals surface area contributed by atoms with Crippen LogP contribution in [0.2, 0.25) is 0 Å². The molecule has 7 aliphatic rings. The molecule has 6 heteroatoms. The summed E-state index contributed by atoms with van der Waals surface area (Å²) < 4.78 is 6.58. The maximum absolute atomic E-state index is 13.8. The molecule has 2 saturated carbocycles. The summed E-state index contributed by atoms with van der Waals surface area (Å²) in [5.41, 5.74) is 1.49. The number of aromatic hydroxyl groups is 1. The Hall–Kier alpha value is -2.83. The van der Waals surface area contributed by atoms with Gasteiger partial charge in [0.25, 0.3) is 0 Å². The molecule has 0 aromatic heterocycles. The van der Waals surface area contributed by atoms with Gasteiger partial charge in [0.1, 0.15) is 11.7 Å². The summed E-state index contributed by atoms with van der Waals surface area (Å²) >= 11 is 0. The summed E-state index contributed by atoms with van der Waals surface area (Å²) in [6.07, 6.45) is 10.4. The van der Waals surface area contributed by atoms with Crippen LogP contribution in [0.5, 0.6) is 11.5 Å². The molecule has 6 nitrogen and oxygen atoms in total. The van der Waals surface area contributed by atoms with Crippen LogP contribution >= 0.6 is 0 Å². The van der Waals surface area contributed by atoms with E-state index in [2.05, 4.69) is 34.5 Å². The van der Waals surface area contributed by atoms with Crippen LogP contribution in [0, 0.1) is 17.3 Å². The summed E-state index contributed by atoms with van der Waals surface area (Å²) in [5.74, 6) is 0.803. The fourth-order valence-electron chi connectivity index (χ4n) is 9.05. The fraction of sp³-hybridized carbons (Fsp3) is 0.531. The smallest absolute Gasteiger partial charge is 0.226 e. The van der Waals surface area contributed by atoms with Gasteiger partial charge in [0.05, 0.1) is 11.3 Å². The van der Waals surface area contributed by atoms with Gasteiger partial charge in [-0.05, 0) is 74.6 Å².